The van der Waals surface area contributed by atoms with Gasteiger partial charge in [-0.2, -0.15) is 5.26 Å². The molecule has 0 radical (unpaired) electrons. The van der Waals surface area contributed by atoms with Crippen molar-refractivity contribution in [2.24, 2.45) is 0 Å². The summed E-state index contributed by atoms with van der Waals surface area (Å²) in [6.07, 6.45) is 2.16. The van der Waals surface area contributed by atoms with Gasteiger partial charge < -0.3 is 0 Å². The Labute approximate surface area is 106 Å². The summed E-state index contributed by atoms with van der Waals surface area (Å²) >= 11 is 11.8. The molecule has 0 aromatic carbocycles. The maximum absolute atomic E-state index is 8.61. The van der Waals surface area contributed by atoms with E-state index in [1.165, 1.54) is 0 Å². The summed E-state index contributed by atoms with van der Waals surface area (Å²) in [6, 6.07) is 3.96. The van der Waals surface area contributed by atoms with Gasteiger partial charge in [-0.15, -0.1) is 0 Å². The minimum absolute atomic E-state index is 0.191. The zero-order valence-electron chi connectivity index (χ0n) is 9.24. The molecule has 1 aromatic rings. The molecular weight excluding hydrogens is 245 g/mol. The average Bonchev–Trinajstić information content (AvgIpc) is 2.22. The lowest BCUT2D eigenvalue weighted by atomic mass is 10.2. The zero-order valence-corrected chi connectivity index (χ0v) is 10.8. The van der Waals surface area contributed by atoms with Crippen molar-refractivity contribution in [2.75, 3.05) is 7.05 Å². The molecule has 0 spiro atoms. The van der Waals surface area contributed by atoms with E-state index in [1.807, 2.05) is 14.0 Å². The van der Waals surface area contributed by atoms with Crippen LogP contribution in [0, 0.1) is 11.3 Å². The largest absolute Gasteiger partial charge is 0.298 e. The maximum atomic E-state index is 8.61. The number of nitrogens with zero attached hydrogens (tertiary/aromatic N) is 3. The molecule has 3 nitrogen and oxygen atoms in total. The molecule has 86 valence electrons. The van der Waals surface area contributed by atoms with Gasteiger partial charge in [-0.05, 0) is 20.0 Å². The predicted molar refractivity (Wildman–Crippen MR) is 65.4 cm³/mol. The van der Waals surface area contributed by atoms with E-state index in [2.05, 4.69) is 16.0 Å². The van der Waals surface area contributed by atoms with Gasteiger partial charge in [-0.25, -0.2) is 4.98 Å². The van der Waals surface area contributed by atoms with Crippen molar-refractivity contribution in [3.05, 3.63) is 28.0 Å². The molecule has 0 amide bonds. The minimum atomic E-state index is 0.191. The highest BCUT2D eigenvalue weighted by molar-refractivity contribution is 6.34. The van der Waals surface area contributed by atoms with E-state index in [4.69, 9.17) is 28.5 Å². The molecule has 1 rings (SSSR count). The second-order valence-corrected chi connectivity index (χ2v) is 4.52. The fraction of sp³-hybridized carbons (Fsp3) is 0.455. The molecule has 1 heterocycles. The summed E-state index contributed by atoms with van der Waals surface area (Å²) in [4.78, 5) is 6.04. The molecule has 0 bridgehead atoms. The van der Waals surface area contributed by atoms with Crippen LogP contribution in [0.1, 0.15) is 18.9 Å². The third-order valence-electron chi connectivity index (χ3n) is 2.46. The minimum Gasteiger partial charge on any atom is -0.298 e. The predicted octanol–water partition coefficient (Wildman–Crippen LogP) is 3.12. The van der Waals surface area contributed by atoms with Gasteiger partial charge in [0.1, 0.15) is 5.15 Å². The Morgan fingerprint density at radius 3 is 2.81 bits per heavy atom. The lowest BCUT2D eigenvalue weighted by Gasteiger charge is -2.22. The number of pyridine rings is 1. The normalized spacial score (nSPS) is 12.5. The monoisotopic (exact) mass is 257 g/mol. The van der Waals surface area contributed by atoms with Gasteiger partial charge in [-0.3, -0.25) is 4.90 Å². The molecule has 1 atom stereocenters. The van der Waals surface area contributed by atoms with E-state index >= 15 is 0 Å². The van der Waals surface area contributed by atoms with Crippen LogP contribution in [0.25, 0.3) is 0 Å². The van der Waals surface area contributed by atoms with Crippen LogP contribution < -0.4 is 0 Å². The fourth-order valence-corrected chi connectivity index (χ4v) is 1.69. The van der Waals surface area contributed by atoms with Crippen LogP contribution in [0.4, 0.5) is 0 Å². The first-order chi connectivity index (χ1) is 7.54. The van der Waals surface area contributed by atoms with Crippen LogP contribution in [0.2, 0.25) is 10.2 Å². The van der Waals surface area contributed by atoms with E-state index in [1.54, 1.807) is 12.3 Å². The summed E-state index contributed by atoms with van der Waals surface area (Å²) in [6.45, 7) is 2.66. The lowest BCUT2D eigenvalue weighted by molar-refractivity contribution is 0.252. The molecule has 0 aliphatic carbocycles. The number of hydrogen-bond donors (Lipinski definition) is 0. The summed E-state index contributed by atoms with van der Waals surface area (Å²) in [5, 5.41) is 9.61. The number of nitriles is 1. The van der Waals surface area contributed by atoms with Crippen molar-refractivity contribution >= 4 is 23.2 Å². The van der Waals surface area contributed by atoms with Crippen molar-refractivity contribution < 1.29 is 0 Å². The molecule has 0 aliphatic rings. The van der Waals surface area contributed by atoms with Gasteiger partial charge in [0.2, 0.25) is 0 Å². The molecule has 0 saturated heterocycles. The maximum Gasteiger partial charge on any atom is 0.130 e. The summed E-state index contributed by atoms with van der Waals surface area (Å²) in [5.74, 6) is 0. The van der Waals surface area contributed by atoms with Gasteiger partial charge in [0.15, 0.2) is 0 Å². The SMILES string of the molecule is CC(CC#N)N(C)Cc1cnc(Cl)cc1Cl. The van der Waals surface area contributed by atoms with E-state index in [0.717, 1.165) is 5.56 Å². The van der Waals surface area contributed by atoms with Crippen LogP contribution in [0.3, 0.4) is 0 Å². The molecule has 1 aromatic heterocycles. The van der Waals surface area contributed by atoms with E-state index < -0.39 is 0 Å². The second-order valence-electron chi connectivity index (χ2n) is 3.72. The summed E-state index contributed by atoms with van der Waals surface area (Å²) in [7, 11) is 1.95. The highest BCUT2D eigenvalue weighted by atomic mass is 35.5. The Bertz CT molecular complexity index is 401. The summed E-state index contributed by atoms with van der Waals surface area (Å²) < 4.78 is 0. The first-order valence-electron chi connectivity index (χ1n) is 4.91. The molecule has 1 unspecified atom stereocenters. The molecule has 0 N–H and O–H groups in total. The topological polar surface area (TPSA) is 39.9 Å². The lowest BCUT2D eigenvalue weighted by Crippen LogP contribution is -2.28. The van der Waals surface area contributed by atoms with E-state index in [0.29, 0.717) is 23.1 Å². The van der Waals surface area contributed by atoms with Crippen molar-refractivity contribution in [3.8, 4) is 6.07 Å². The Morgan fingerprint density at radius 2 is 2.25 bits per heavy atom. The fourth-order valence-electron chi connectivity index (χ4n) is 1.26. The van der Waals surface area contributed by atoms with Crippen molar-refractivity contribution in [1.29, 1.82) is 5.26 Å². The Morgan fingerprint density at radius 1 is 1.56 bits per heavy atom. The Balaban J connectivity index is 2.70. The third-order valence-corrected chi connectivity index (χ3v) is 3.01. The number of aromatic nitrogens is 1. The average molecular weight is 258 g/mol. The van der Waals surface area contributed by atoms with Gasteiger partial charge >= 0.3 is 0 Å². The number of rotatable bonds is 4. The van der Waals surface area contributed by atoms with Crippen molar-refractivity contribution in [2.45, 2.75) is 25.9 Å². The molecule has 5 heteroatoms. The van der Waals surface area contributed by atoms with E-state index in [-0.39, 0.29) is 6.04 Å². The van der Waals surface area contributed by atoms with Crippen LogP contribution in [-0.2, 0) is 6.54 Å². The molecule has 0 saturated carbocycles. The third kappa shape index (κ3) is 3.64. The molecule has 0 fully saturated rings. The number of halogens is 2. The zero-order chi connectivity index (χ0) is 12.1. The van der Waals surface area contributed by atoms with Crippen LogP contribution in [-0.4, -0.2) is 23.0 Å². The Kier molecular flexibility index (Phi) is 5.01. The van der Waals surface area contributed by atoms with Gasteiger partial charge in [-0.1, -0.05) is 23.2 Å². The van der Waals surface area contributed by atoms with Gasteiger partial charge in [0.05, 0.1) is 12.5 Å². The van der Waals surface area contributed by atoms with Crippen molar-refractivity contribution in [3.63, 3.8) is 0 Å². The van der Waals surface area contributed by atoms with Crippen LogP contribution >= 0.6 is 23.2 Å². The summed E-state index contributed by atoms with van der Waals surface area (Å²) in [5.41, 5.74) is 0.915. The van der Waals surface area contributed by atoms with Crippen LogP contribution in [0.5, 0.6) is 0 Å². The molecule has 0 aliphatic heterocycles. The Hall–Kier alpha value is -0.820. The van der Waals surface area contributed by atoms with E-state index in [9.17, 15) is 0 Å². The van der Waals surface area contributed by atoms with Gasteiger partial charge in [0.25, 0.3) is 0 Å². The first-order valence-corrected chi connectivity index (χ1v) is 5.67. The second kappa shape index (κ2) is 6.05. The van der Waals surface area contributed by atoms with Gasteiger partial charge in [0, 0.05) is 29.4 Å². The smallest absolute Gasteiger partial charge is 0.130 e. The van der Waals surface area contributed by atoms with Crippen molar-refractivity contribution in [1.82, 2.24) is 9.88 Å². The quantitative estimate of drug-likeness (QED) is 0.779. The standard InChI is InChI=1S/C11H13Cl2N3/c1-8(3-4-14)16(2)7-9-6-15-11(13)5-10(9)12/h5-6,8H,3,7H2,1-2H3. The molecular formula is C11H13Cl2N3. The number of hydrogen-bond acceptors (Lipinski definition) is 3. The molecule has 16 heavy (non-hydrogen) atoms. The highest BCUT2D eigenvalue weighted by Crippen LogP contribution is 2.20. The highest BCUT2D eigenvalue weighted by Gasteiger charge is 2.11. The van der Waals surface area contributed by atoms with Crippen LogP contribution in [0.15, 0.2) is 12.3 Å². The first kappa shape index (κ1) is 13.2.